The number of carbonyl (C=O) groups is 1. The SMILES string of the molecule is Cc1ccc(F)c(-c2ccc(C(=O)O)cc2C)c1. The van der Waals surface area contributed by atoms with Gasteiger partial charge >= 0.3 is 5.97 Å². The van der Waals surface area contributed by atoms with Gasteiger partial charge in [-0.1, -0.05) is 17.7 Å². The van der Waals surface area contributed by atoms with E-state index < -0.39 is 5.97 Å². The van der Waals surface area contributed by atoms with Crippen LogP contribution < -0.4 is 0 Å². The molecule has 3 heteroatoms. The molecular weight excluding hydrogens is 231 g/mol. The summed E-state index contributed by atoms with van der Waals surface area (Å²) >= 11 is 0. The molecule has 0 heterocycles. The van der Waals surface area contributed by atoms with Crippen molar-refractivity contribution < 1.29 is 14.3 Å². The maximum atomic E-state index is 13.8. The zero-order valence-corrected chi connectivity index (χ0v) is 10.2. The van der Waals surface area contributed by atoms with E-state index in [1.54, 1.807) is 31.2 Å². The number of hydrogen-bond acceptors (Lipinski definition) is 1. The van der Waals surface area contributed by atoms with Gasteiger partial charge in [0.2, 0.25) is 0 Å². The quantitative estimate of drug-likeness (QED) is 0.872. The minimum Gasteiger partial charge on any atom is -0.478 e. The van der Waals surface area contributed by atoms with Gasteiger partial charge in [0, 0.05) is 5.56 Å². The van der Waals surface area contributed by atoms with Crippen molar-refractivity contribution in [1.29, 1.82) is 0 Å². The Kier molecular flexibility index (Phi) is 3.15. The Morgan fingerprint density at radius 2 is 1.78 bits per heavy atom. The average Bonchev–Trinajstić information content (AvgIpc) is 2.32. The van der Waals surface area contributed by atoms with Crippen molar-refractivity contribution in [2.75, 3.05) is 0 Å². The van der Waals surface area contributed by atoms with E-state index in [9.17, 15) is 9.18 Å². The van der Waals surface area contributed by atoms with E-state index in [1.165, 1.54) is 12.1 Å². The molecule has 2 aromatic rings. The van der Waals surface area contributed by atoms with Crippen molar-refractivity contribution in [3.05, 3.63) is 58.9 Å². The molecule has 2 aromatic carbocycles. The molecule has 0 radical (unpaired) electrons. The summed E-state index contributed by atoms with van der Waals surface area (Å²) in [6.45, 7) is 3.67. The highest BCUT2D eigenvalue weighted by atomic mass is 19.1. The van der Waals surface area contributed by atoms with Crippen LogP contribution in [0.15, 0.2) is 36.4 Å². The van der Waals surface area contributed by atoms with Crippen LogP contribution in [0.3, 0.4) is 0 Å². The van der Waals surface area contributed by atoms with Crippen LogP contribution in [0.2, 0.25) is 0 Å². The van der Waals surface area contributed by atoms with Crippen molar-refractivity contribution in [1.82, 2.24) is 0 Å². The molecule has 1 N–H and O–H groups in total. The Balaban J connectivity index is 2.58. The summed E-state index contributed by atoms with van der Waals surface area (Å²) in [7, 11) is 0. The summed E-state index contributed by atoms with van der Waals surface area (Å²) < 4.78 is 13.8. The highest BCUT2D eigenvalue weighted by Crippen LogP contribution is 2.27. The van der Waals surface area contributed by atoms with Crippen LogP contribution >= 0.6 is 0 Å². The third-order valence-corrected chi connectivity index (χ3v) is 2.89. The fraction of sp³-hybridized carbons (Fsp3) is 0.133. The number of aromatic carboxylic acids is 1. The van der Waals surface area contributed by atoms with Crippen molar-refractivity contribution in [2.24, 2.45) is 0 Å². The predicted molar refractivity (Wildman–Crippen MR) is 68.3 cm³/mol. The molecule has 0 saturated heterocycles. The van der Waals surface area contributed by atoms with E-state index in [0.29, 0.717) is 5.56 Å². The summed E-state index contributed by atoms with van der Waals surface area (Å²) in [5, 5.41) is 8.90. The number of rotatable bonds is 2. The zero-order chi connectivity index (χ0) is 13.3. The lowest BCUT2D eigenvalue weighted by atomic mass is 9.97. The van der Waals surface area contributed by atoms with Crippen molar-refractivity contribution in [2.45, 2.75) is 13.8 Å². The Labute approximate surface area is 105 Å². The fourth-order valence-corrected chi connectivity index (χ4v) is 1.94. The van der Waals surface area contributed by atoms with Gasteiger partial charge in [-0.25, -0.2) is 9.18 Å². The topological polar surface area (TPSA) is 37.3 Å². The van der Waals surface area contributed by atoms with Crippen LogP contribution in [-0.2, 0) is 0 Å². The van der Waals surface area contributed by atoms with Crippen LogP contribution in [0, 0.1) is 19.7 Å². The van der Waals surface area contributed by atoms with Gasteiger partial charge in [0.1, 0.15) is 5.82 Å². The van der Waals surface area contributed by atoms with E-state index in [-0.39, 0.29) is 11.4 Å². The van der Waals surface area contributed by atoms with Crippen LogP contribution in [-0.4, -0.2) is 11.1 Å². The molecule has 18 heavy (non-hydrogen) atoms. The van der Waals surface area contributed by atoms with Crippen LogP contribution in [0.4, 0.5) is 4.39 Å². The molecule has 2 rings (SSSR count). The first kappa shape index (κ1) is 12.3. The van der Waals surface area contributed by atoms with Gasteiger partial charge in [-0.05, 0) is 49.2 Å². The fourth-order valence-electron chi connectivity index (χ4n) is 1.94. The third kappa shape index (κ3) is 2.25. The number of aryl methyl sites for hydroxylation is 2. The lowest BCUT2D eigenvalue weighted by molar-refractivity contribution is 0.0697. The van der Waals surface area contributed by atoms with Gasteiger partial charge < -0.3 is 5.11 Å². The standard InChI is InChI=1S/C15H13FO2/c1-9-3-6-14(16)13(7-9)12-5-4-11(15(17)18)8-10(12)2/h3-8H,1-2H3,(H,17,18). The van der Waals surface area contributed by atoms with E-state index >= 15 is 0 Å². The van der Waals surface area contributed by atoms with E-state index in [0.717, 1.165) is 16.7 Å². The molecule has 0 bridgehead atoms. The van der Waals surface area contributed by atoms with Crippen molar-refractivity contribution >= 4 is 5.97 Å². The number of carboxylic acid groups (broad SMARTS) is 1. The maximum absolute atomic E-state index is 13.8. The maximum Gasteiger partial charge on any atom is 0.335 e. The first-order valence-electron chi connectivity index (χ1n) is 5.59. The molecule has 92 valence electrons. The minimum atomic E-state index is -0.977. The summed E-state index contributed by atoms with van der Waals surface area (Å²) in [5.41, 5.74) is 3.16. The zero-order valence-electron chi connectivity index (χ0n) is 10.2. The minimum absolute atomic E-state index is 0.212. The molecule has 0 saturated carbocycles. The molecule has 0 aliphatic heterocycles. The summed E-state index contributed by atoms with van der Waals surface area (Å²) in [5.74, 6) is -1.28. The van der Waals surface area contributed by atoms with Gasteiger partial charge in [0.05, 0.1) is 5.56 Å². The normalized spacial score (nSPS) is 10.4. The van der Waals surface area contributed by atoms with E-state index in [2.05, 4.69) is 0 Å². The molecule has 0 atom stereocenters. The van der Waals surface area contributed by atoms with Crippen LogP contribution in [0.25, 0.3) is 11.1 Å². The highest BCUT2D eigenvalue weighted by molar-refractivity contribution is 5.89. The largest absolute Gasteiger partial charge is 0.478 e. The Bertz CT molecular complexity index is 618. The van der Waals surface area contributed by atoms with Crippen molar-refractivity contribution in [3.63, 3.8) is 0 Å². The summed E-state index contributed by atoms with van der Waals surface area (Å²) in [6.07, 6.45) is 0. The lowest BCUT2D eigenvalue weighted by Crippen LogP contribution is -1.98. The van der Waals surface area contributed by atoms with Crippen molar-refractivity contribution in [3.8, 4) is 11.1 Å². The predicted octanol–water partition coefficient (Wildman–Crippen LogP) is 3.81. The van der Waals surface area contributed by atoms with Gasteiger partial charge in [0.25, 0.3) is 0 Å². The molecule has 0 amide bonds. The molecule has 0 spiro atoms. The molecule has 0 aliphatic rings. The number of carboxylic acids is 1. The third-order valence-electron chi connectivity index (χ3n) is 2.89. The number of hydrogen-bond donors (Lipinski definition) is 1. The average molecular weight is 244 g/mol. The van der Waals surface area contributed by atoms with Crippen LogP contribution in [0.5, 0.6) is 0 Å². The Morgan fingerprint density at radius 1 is 1.06 bits per heavy atom. The summed E-state index contributed by atoms with van der Waals surface area (Å²) in [4.78, 5) is 10.8. The molecular formula is C15H13FO2. The molecule has 0 fully saturated rings. The van der Waals surface area contributed by atoms with Gasteiger partial charge in [-0.15, -0.1) is 0 Å². The first-order chi connectivity index (χ1) is 8.49. The first-order valence-corrected chi connectivity index (χ1v) is 5.59. The Hall–Kier alpha value is -2.16. The molecule has 0 aliphatic carbocycles. The second-order valence-electron chi connectivity index (χ2n) is 4.32. The second kappa shape index (κ2) is 4.61. The monoisotopic (exact) mass is 244 g/mol. The van der Waals surface area contributed by atoms with E-state index in [4.69, 9.17) is 5.11 Å². The second-order valence-corrected chi connectivity index (χ2v) is 4.32. The molecule has 0 unspecified atom stereocenters. The summed E-state index contributed by atoms with van der Waals surface area (Å²) in [6, 6.07) is 9.59. The van der Waals surface area contributed by atoms with Gasteiger partial charge in [0.15, 0.2) is 0 Å². The van der Waals surface area contributed by atoms with Crippen LogP contribution in [0.1, 0.15) is 21.5 Å². The Morgan fingerprint density at radius 3 is 2.39 bits per heavy atom. The van der Waals surface area contributed by atoms with Gasteiger partial charge in [-0.2, -0.15) is 0 Å². The smallest absolute Gasteiger partial charge is 0.335 e. The highest BCUT2D eigenvalue weighted by Gasteiger charge is 2.10. The lowest BCUT2D eigenvalue weighted by Gasteiger charge is -2.09. The molecule has 2 nitrogen and oxygen atoms in total. The molecule has 0 aromatic heterocycles. The number of benzene rings is 2. The van der Waals surface area contributed by atoms with Gasteiger partial charge in [-0.3, -0.25) is 0 Å². The van der Waals surface area contributed by atoms with E-state index in [1.807, 2.05) is 6.92 Å². The number of halogens is 1.